The third-order valence-electron chi connectivity index (χ3n) is 9.04. The molecule has 0 spiro atoms. The number of methoxy groups -OCH3 is 2. The van der Waals surface area contributed by atoms with Gasteiger partial charge in [0.2, 0.25) is 0 Å². The van der Waals surface area contributed by atoms with Crippen LogP contribution in [-0.2, 0) is 25.4 Å². The molecule has 0 unspecified atom stereocenters. The van der Waals surface area contributed by atoms with Gasteiger partial charge in [-0.05, 0) is 60.6 Å². The van der Waals surface area contributed by atoms with Gasteiger partial charge in [0.15, 0.2) is 17.4 Å². The molecule has 0 N–H and O–H groups in total. The number of ether oxygens (including phenoxy) is 4. The zero-order valence-corrected chi connectivity index (χ0v) is 26.1. The Bertz CT molecular complexity index is 959. The maximum Gasteiger partial charge on any atom is 0.169 e. The molecule has 1 heterocycles. The third kappa shape index (κ3) is 10.4. The van der Waals surface area contributed by atoms with Crippen molar-refractivity contribution in [1.29, 1.82) is 0 Å². The van der Waals surface area contributed by atoms with E-state index in [0.29, 0.717) is 50.0 Å². The Morgan fingerprint density at radius 2 is 1.49 bits per heavy atom. The Kier molecular flexibility index (Phi) is 14.7. The Balaban J connectivity index is 1.56. The lowest BCUT2D eigenvalue weighted by Crippen LogP contribution is -2.30. The quantitative estimate of drug-likeness (QED) is 0.129. The van der Waals surface area contributed by atoms with Gasteiger partial charge >= 0.3 is 0 Å². The molecule has 1 saturated carbocycles. The summed E-state index contributed by atoms with van der Waals surface area (Å²) in [6, 6.07) is 3.34. The molecule has 0 aromatic heterocycles. The summed E-state index contributed by atoms with van der Waals surface area (Å²) in [4.78, 5) is 0. The van der Waals surface area contributed by atoms with Crippen LogP contribution in [0.2, 0.25) is 0 Å². The lowest BCUT2D eigenvalue weighted by atomic mass is 9.77. The summed E-state index contributed by atoms with van der Waals surface area (Å²) in [6.45, 7) is 5.29. The van der Waals surface area contributed by atoms with Crippen LogP contribution in [0.3, 0.4) is 0 Å². The molecule has 232 valence electrons. The molecule has 0 radical (unpaired) electrons. The molecule has 4 nitrogen and oxygen atoms in total. The van der Waals surface area contributed by atoms with Gasteiger partial charge in [0.1, 0.15) is 0 Å². The minimum absolute atomic E-state index is 0.234. The first-order chi connectivity index (χ1) is 19.9. The van der Waals surface area contributed by atoms with Crippen LogP contribution in [0.15, 0.2) is 30.2 Å². The molecule has 0 amide bonds. The van der Waals surface area contributed by atoms with Gasteiger partial charge < -0.3 is 18.9 Å². The van der Waals surface area contributed by atoms with Crippen LogP contribution in [-0.4, -0.2) is 33.2 Å². The monoisotopic (exact) mass is 576 g/mol. The standard InChI is InChI=1S/C35H54F2O4/c1-5-7-8-10-27-11-13-28(14-12-27)15-16-29(25-38-3)19-21-35(40-23-24-41-35)22-20-31(26-39-4)32-18-17-30(9-6-2)33(36)34(32)37/h17-18,25-28H,5-16,19-24H2,1-4H3. The second-order valence-corrected chi connectivity index (χ2v) is 12.1. The fraction of sp³-hybridized carbons (Fsp3) is 0.714. The molecule has 1 saturated heterocycles. The van der Waals surface area contributed by atoms with E-state index in [-0.39, 0.29) is 5.56 Å². The highest BCUT2D eigenvalue weighted by molar-refractivity contribution is 5.65. The highest BCUT2D eigenvalue weighted by atomic mass is 19.2. The van der Waals surface area contributed by atoms with E-state index in [1.807, 2.05) is 13.2 Å². The van der Waals surface area contributed by atoms with Crippen molar-refractivity contribution in [2.75, 3.05) is 27.4 Å². The number of hydrogen-bond donors (Lipinski definition) is 0. The van der Waals surface area contributed by atoms with E-state index < -0.39 is 17.4 Å². The highest BCUT2D eigenvalue weighted by Crippen LogP contribution is 2.38. The van der Waals surface area contributed by atoms with Crippen LogP contribution < -0.4 is 0 Å². The summed E-state index contributed by atoms with van der Waals surface area (Å²) in [6.07, 6.45) is 20.3. The summed E-state index contributed by atoms with van der Waals surface area (Å²) >= 11 is 0. The van der Waals surface area contributed by atoms with Crippen molar-refractivity contribution in [1.82, 2.24) is 0 Å². The Labute approximate surface area is 247 Å². The number of unbranched alkanes of at least 4 members (excludes halogenated alkanes) is 2. The van der Waals surface area contributed by atoms with E-state index >= 15 is 4.39 Å². The van der Waals surface area contributed by atoms with Crippen LogP contribution in [0.4, 0.5) is 8.78 Å². The Morgan fingerprint density at radius 3 is 2.12 bits per heavy atom. The van der Waals surface area contributed by atoms with E-state index in [4.69, 9.17) is 18.9 Å². The topological polar surface area (TPSA) is 36.9 Å². The molecule has 1 aromatic rings. The summed E-state index contributed by atoms with van der Waals surface area (Å²) < 4.78 is 52.8. The maximum absolute atomic E-state index is 15.1. The molecule has 3 rings (SSSR count). The summed E-state index contributed by atoms with van der Waals surface area (Å²) in [5, 5.41) is 0. The Hall–Kier alpha value is -1.92. The first kappa shape index (κ1) is 33.6. The van der Waals surface area contributed by atoms with Crippen LogP contribution in [0.25, 0.3) is 5.57 Å². The second-order valence-electron chi connectivity index (χ2n) is 12.1. The SMILES string of the molecule is CCCCCC1CCC(CCC(=COC)CCC2(CCC(=COC)c3ccc(CCC)c(F)c3F)OCCO2)CC1. The van der Waals surface area contributed by atoms with Crippen molar-refractivity contribution in [3.8, 4) is 0 Å². The molecule has 1 aliphatic carbocycles. The zero-order valence-electron chi connectivity index (χ0n) is 26.1. The maximum atomic E-state index is 15.1. The summed E-state index contributed by atoms with van der Waals surface area (Å²) in [5.41, 5.74) is 2.52. The van der Waals surface area contributed by atoms with Crippen molar-refractivity contribution >= 4 is 5.57 Å². The number of rotatable bonds is 18. The lowest BCUT2D eigenvalue weighted by Gasteiger charge is -2.30. The van der Waals surface area contributed by atoms with Crippen LogP contribution >= 0.6 is 0 Å². The van der Waals surface area contributed by atoms with Gasteiger partial charge in [-0.25, -0.2) is 8.78 Å². The fourth-order valence-electron chi connectivity index (χ4n) is 6.58. The third-order valence-corrected chi connectivity index (χ3v) is 9.04. The molecule has 2 aliphatic rings. The number of benzene rings is 1. The number of aryl methyl sites for hydroxylation is 1. The van der Waals surface area contributed by atoms with Crippen molar-refractivity contribution < 1.29 is 27.7 Å². The minimum atomic E-state index is -0.818. The molecule has 41 heavy (non-hydrogen) atoms. The molecule has 6 heteroatoms. The van der Waals surface area contributed by atoms with Gasteiger partial charge in [-0.3, -0.25) is 0 Å². The average molecular weight is 577 g/mol. The Morgan fingerprint density at radius 1 is 0.829 bits per heavy atom. The van der Waals surface area contributed by atoms with Crippen molar-refractivity contribution in [3.63, 3.8) is 0 Å². The summed E-state index contributed by atoms with van der Waals surface area (Å²) in [5.74, 6) is -0.616. The van der Waals surface area contributed by atoms with Gasteiger partial charge in [-0.1, -0.05) is 83.8 Å². The van der Waals surface area contributed by atoms with E-state index in [9.17, 15) is 4.39 Å². The van der Waals surface area contributed by atoms with Crippen LogP contribution in [0, 0.1) is 23.5 Å². The first-order valence-corrected chi connectivity index (χ1v) is 16.1. The molecular formula is C35H54F2O4. The number of hydrogen-bond acceptors (Lipinski definition) is 4. The van der Waals surface area contributed by atoms with Crippen molar-refractivity contribution in [3.05, 3.63) is 53.0 Å². The molecule has 0 atom stereocenters. The number of halogens is 2. The molecular weight excluding hydrogens is 522 g/mol. The first-order valence-electron chi connectivity index (χ1n) is 16.1. The van der Waals surface area contributed by atoms with E-state index in [0.717, 1.165) is 31.1 Å². The molecule has 2 fully saturated rings. The average Bonchev–Trinajstić information content (AvgIpc) is 3.45. The van der Waals surface area contributed by atoms with E-state index in [1.165, 1.54) is 76.7 Å². The molecule has 0 bridgehead atoms. The second kappa shape index (κ2) is 17.9. The van der Waals surface area contributed by atoms with Gasteiger partial charge in [0.25, 0.3) is 0 Å². The fourth-order valence-corrected chi connectivity index (χ4v) is 6.58. The molecule has 1 aromatic carbocycles. The highest BCUT2D eigenvalue weighted by Gasteiger charge is 2.36. The lowest BCUT2D eigenvalue weighted by molar-refractivity contribution is -0.165. The zero-order chi connectivity index (χ0) is 29.5. The van der Waals surface area contributed by atoms with Gasteiger partial charge in [-0.15, -0.1) is 0 Å². The van der Waals surface area contributed by atoms with Crippen LogP contribution in [0.1, 0.15) is 121 Å². The van der Waals surface area contributed by atoms with E-state index in [1.54, 1.807) is 19.2 Å². The van der Waals surface area contributed by atoms with Crippen molar-refractivity contribution in [2.24, 2.45) is 11.8 Å². The summed E-state index contributed by atoms with van der Waals surface area (Å²) in [7, 11) is 3.24. The minimum Gasteiger partial charge on any atom is -0.504 e. The normalized spacial score (nSPS) is 21.3. The van der Waals surface area contributed by atoms with Gasteiger partial charge in [0.05, 0.1) is 40.0 Å². The smallest absolute Gasteiger partial charge is 0.169 e. The van der Waals surface area contributed by atoms with E-state index in [2.05, 4.69) is 6.92 Å². The number of allylic oxidation sites excluding steroid dienone is 2. The predicted octanol–water partition coefficient (Wildman–Crippen LogP) is 9.91. The van der Waals surface area contributed by atoms with Crippen molar-refractivity contribution in [2.45, 2.75) is 122 Å². The van der Waals surface area contributed by atoms with Gasteiger partial charge in [-0.2, -0.15) is 0 Å². The van der Waals surface area contributed by atoms with Crippen LogP contribution in [0.5, 0.6) is 0 Å². The molecule has 1 aliphatic heterocycles. The predicted molar refractivity (Wildman–Crippen MR) is 162 cm³/mol. The van der Waals surface area contributed by atoms with Gasteiger partial charge in [0, 0.05) is 18.4 Å². The largest absolute Gasteiger partial charge is 0.504 e.